The van der Waals surface area contributed by atoms with Crippen molar-refractivity contribution in [3.63, 3.8) is 0 Å². The number of nitrogens with one attached hydrogen (secondary N) is 1. The second-order valence-electron chi connectivity index (χ2n) is 5.65. The number of halogens is 1. The van der Waals surface area contributed by atoms with E-state index >= 15 is 0 Å². The van der Waals surface area contributed by atoms with Gasteiger partial charge in [0, 0.05) is 13.7 Å². The molecule has 0 aliphatic heterocycles. The molecule has 1 aromatic rings. The summed E-state index contributed by atoms with van der Waals surface area (Å²) in [6, 6.07) is 0. The Balaban J connectivity index is 2.92. The number of nitrogens with zero attached hydrogens (tertiary/aromatic N) is 3. The van der Waals surface area contributed by atoms with E-state index in [1.807, 2.05) is 32.8 Å². The SMILES string of the molecule is COCC(C)(C)Nc1cnn(CCN(C)C)c(=O)c1Cl. The van der Waals surface area contributed by atoms with Crippen LogP contribution in [-0.2, 0) is 11.3 Å². The van der Waals surface area contributed by atoms with Crippen LogP contribution in [0.5, 0.6) is 0 Å². The lowest BCUT2D eigenvalue weighted by Gasteiger charge is -2.26. The van der Waals surface area contributed by atoms with Gasteiger partial charge in [0.1, 0.15) is 5.02 Å². The fourth-order valence-electron chi connectivity index (χ4n) is 1.77. The molecule has 0 spiro atoms. The van der Waals surface area contributed by atoms with Gasteiger partial charge in [-0.05, 0) is 27.9 Å². The van der Waals surface area contributed by atoms with Gasteiger partial charge < -0.3 is 15.0 Å². The molecule has 0 aromatic carbocycles. The number of hydrogen-bond acceptors (Lipinski definition) is 5. The normalized spacial score (nSPS) is 11.9. The van der Waals surface area contributed by atoms with Gasteiger partial charge >= 0.3 is 0 Å². The molecule has 1 rings (SSSR count). The van der Waals surface area contributed by atoms with Crippen LogP contribution in [0.4, 0.5) is 5.69 Å². The molecule has 0 fully saturated rings. The van der Waals surface area contributed by atoms with Crippen molar-refractivity contribution in [2.24, 2.45) is 0 Å². The molecule has 0 radical (unpaired) electrons. The van der Waals surface area contributed by atoms with Crippen LogP contribution in [0.15, 0.2) is 11.0 Å². The van der Waals surface area contributed by atoms with E-state index in [-0.39, 0.29) is 16.1 Å². The highest BCUT2D eigenvalue weighted by Gasteiger charge is 2.20. The van der Waals surface area contributed by atoms with Crippen LogP contribution in [-0.4, -0.2) is 54.6 Å². The summed E-state index contributed by atoms with van der Waals surface area (Å²) >= 11 is 6.13. The Bertz CT molecular complexity index is 500. The minimum absolute atomic E-state index is 0.155. The first-order valence-corrected chi connectivity index (χ1v) is 6.82. The summed E-state index contributed by atoms with van der Waals surface area (Å²) in [7, 11) is 5.51. The van der Waals surface area contributed by atoms with Crippen LogP contribution in [0.1, 0.15) is 13.8 Å². The molecule has 0 amide bonds. The molecule has 0 saturated carbocycles. The van der Waals surface area contributed by atoms with E-state index in [4.69, 9.17) is 16.3 Å². The van der Waals surface area contributed by atoms with Crippen LogP contribution in [0.3, 0.4) is 0 Å². The quantitative estimate of drug-likeness (QED) is 0.822. The van der Waals surface area contributed by atoms with Gasteiger partial charge in [0.2, 0.25) is 0 Å². The average molecular weight is 303 g/mol. The number of methoxy groups -OCH3 is 1. The average Bonchev–Trinajstić information content (AvgIpc) is 2.33. The highest BCUT2D eigenvalue weighted by atomic mass is 35.5. The van der Waals surface area contributed by atoms with Gasteiger partial charge in [0.15, 0.2) is 0 Å². The summed E-state index contributed by atoms with van der Waals surface area (Å²) in [5, 5.41) is 7.48. The van der Waals surface area contributed by atoms with Crippen molar-refractivity contribution in [2.45, 2.75) is 25.9 Å². The van der Waals surface area contributed by atoms with Gasteiger partial charge in [0.25, 0.3) is 5.56 Å². The molecule has 1 heterocycles. The van der Waals surface area contributed by atoms with Crippen molar-refractivity contribution in [3.8, 4) is 0 Å². The third-order valence-electron chi connectivity index (χ3n) is 2.72. The van der Waals surface area contributed by atoms with E-state index in [2.05, 4.69) is 10.4 Å². The molecule has 7 heteroatoms. The van der Waals surface area contributed by atoms with E-state index in [0.29, 0.717) is 18.8 Å². The molecular formula is C13H23ClN4O2. The maximum absolute atomic E-state index is 12.1. The maximum atomic E-state index is 12.1. The number of rotatable bonds is 7. The van der Waals surface area contributed by atoms with Crippen LogP contribution >= 0.6 is 11.6 Å². The third-order valence-corrected chi connectivity index (χ3v) is 3.09. The zero-order valence-corrected chi connectivity index (χ0v) is 13.5. The van der Waals surface area contributed by atoms with Gasteiger partial charge in [-0.2, -0.15) is 5.10 Å². The minimum Gasteiger partial charge on any atom is -0.382 e. The molecule has 6 nitrogen and oxygen atoms in total. The van der Waals surface area contributed by atoms with Gasteiger partial charge in [-0.1, -0.05) is 11.6 Å². The number of likely N-dealkylation sites (N-methyl/N-ethyl adjacent to an activating group) is 1. The lowest BCUT2D eigenvalue weighted by atomic mass is 10.1. The molecule has 1 N–H and O–H groups in total. The van der Waals surface area contributed by atoms with Crippen LogP contribution in [0, 0.1) is 0 Å². The standard InChI is InChI=1S/C13H23ClN4O2/c1-13(2,9-20-5)16-10-8-15-18(7-6-17(3)4)12(19)11(10)14/h8,16H,6-7,9H2,1-5H3. The smallest absolute Gasteiger partial charge is 0.287 e. The minimum atomic E-state index is -0.331. The fraction of sp³-hybridized carbons (Fsp3) is 0.692. The van der Waals surface area contributed by atoms with Crippen LogP contribution in [0.25, 0.3) is 0 Å². The Morgan fingerprint density at radius 2 is 2.15 bits per heavy atom. The van der Waals surface area contributed by atoms with Crippen molar-refractivity contribution >= 4 is 17.3 Å². The predicted octanol–water partition coefficient (Wildman–Crippen LogP) is 1.30. The lowest BCUT2D eigenvalue weighted by Crippen LogP contribution is -2.37. The van der Waals surface area contributed by atoms with Crippen molar-refractivity contribution < 1.29 is 4.74 Å². The highest BCUT2D eigenvalue weighted by molar-refractivity contribution is 6.32. The topological polar surface area (TPSA) is 59.4 Å². The fourth-order valence-corrected chi connectivity index (χ4v) is 1.96. The number of ether oxygens (including phenoxy) is 1. The third kappa shape index (κ3) is 4.77. The molecule has 0 bridgehead atoms. The highest BCUT2D eigenvalue weighted by Crippen LogP contribution is 2.20. The Labute approximate surface area is 124 Å². The zero-order valence-electron chi connectivity index (χ0n) is 12.7. The largest absolute Gasteiger partial charge is 0.382 e. The second-order valence-corrected chi connectivity index (χ2v) is 6.02. The Hall–Kier alpha value is -1.11. The molecule has 0 saturated heterocycles. The maximum Gasteiger partial charge on any atom is 0.287 e. The van der Waals surface area contributed by atoms with Gasteiger partial charge in [-0.3, -0.25) is 4.79 Å². The van der Waals surface area contributed by atoms with E-state index in [9.17, 15) is 4.79 Å². The first kappa shape index (κ1) is 16.9. The van der Waals surface area contributed by atoms with Gasteiger partial charge in [-0.25, -0.2) is 4.68 Å². The van der Waals surface area contributed by atoms with Crippen molar-refractivity contribution in [2.75, 3.05) is 39.7 Å². The van der Waals surface area contributed by atoms with Crippen molar-refractivity contribution in [1.29, 1.82) is 0 Å². The Kier molecular flexibility index (Phi) is 5.98. The molecule has 0 aliphatic carbocycles. The Morgan fingerprint density at radius 3 is 2.70 bits per heavy atom. The summed E-state index contributed by atoms with van der Waals surface area (Å²) in [5.74, 6) is 0. The molecular weight excluding hydrogens is 280 g/mol. The summed E-state index contributed by atoms with van der Waals surface area (Å²) < 4.78 is 6.49. The summed E-state index contributed by atoms with van der Waals surface area (Å²) in [6.45, 7) is 5.65. The molecule has 0 aliphatic rings. The molecule has 0 unspecified atom stereocenters. The molecule has 20 heavy (non-hydrogen) atoms. The van der Waals surface area contributed by atoms with E-state index < -0.39 is 0 Å². The van der Waals surface area contributed by atoms with Crippen LogP contribution < -0.4 is 10.9 Å². The molecule has 1 aromatic heterocycles. The number of hydrogen-bond donors (Lipinski definition) is 1. The number of anilines is 1. The first-order chi connectivity index (χ1) is 9.26. The molecule has 0 atom stereocenters. The number of aromatic nitrogens is 2. The lowest BCUT2D eigenvalue weighted by molar-refractivity contribution is 0.158. The van der Waals surface area contributed by atoms with Gasteiger partial charge in [0.05, 0.1) is 30.6 Å². The van der Waals surface area contributed by atoms with Crippen molar-refractivity contribution in [1.82, 2.24) is 14.7 Å². The zero-order chi connectivity index (χ0) is 15.3. The predicted molar refractivity (Wildman–Crippen MR) is 81.6 cm³/mol. The Morgan fingerprint density at radius 1 is 1.50 bits per heavy atom. The summed E-state index contributed by atoms with van der Waals surface area (Å²) in [5.41, 5.74) is -0.0888. The first-order valence-electron chi connectivity index (χ1n) is 6.44. The van der Waals surface area contributed by atoms with E-state index in [1.54, 1.807) is 13.3 Å². The monoisotopic (exact) mass is 302 g/mol. The summed E-state index contributed by atoms with van der Waals surface area (Å²) in [6.07, 6.45) is 1.58. The summed E-state index contributed by atoms with van der Waals surface area (Å²) in [4.78, 5) is 14.1. The van der Waals surface area contributed by atoms with E-state index in [0.717, 1.165) is 6.54 Å². The van der Waals surface area contributed by atoms with Gasteiger partial charge in [-0.15, -0.1) is 0 Å². The van der Waals surface area contributed by atoms with Crippen LogP contribution in [0.2, 0.25) is 5.02 Å². The molecule has 114 valence electrons. The van der Waals surface area contributed by atoms with Crippen molar-refractivity contribution in [3.05, 3.63) is 21.6 Å². The second kappa shape index (κ2) is 7.06. The van der Waals surface area contributed by atoms with E-state index in [1.165, 1.54) is 4.68 Å².